The van der Waals surface area contributed by atoms with E-state index < -0.39 is 0 Å². The summed E-state index contributed by atoms with van der Waals surface area (Å²) in [5.74, 6) is 0. The zero-order valence-corrected chi connectivity index (χ0v) is 8.88. The van der Waals surface area contributed by atoms with Gasteiger partial charge in [-0.2, -0.15) is 0 Å². The van der Waals surface area contributed by atoms with E-state index in [-0.39, 0.29) is 0 Å². The molecule has 1 aliphatic rings. The summed E-state index contributed by atoms with van der Waals surface area (Å²) in [6, 6.07) is 0. The van der Waals surface area contributed by atoms with Gasteiger partial charge in [0, 0.05) is 19.6 Å². The number of rotatable bonds is 5. The van der Waals surface area contributed by atoms with Crippen LogP contribution in [-0.2, 0) is 4.74 Å². The number of likely N-dealkylation sites (tertiary alicyclic amines) is 1. The van der Waals surface area contributed by atoms with Crippen LogP contribution in [-0.4, -0.2) is 50.8 Å². The lowest BCUT2D eigenvalue weighted by Gasteiger charge is -2.28. The van der Waals surface area contributed by atoms with E-state index in [1.165, 1.54) is 25.9 Å². The molecule has 0 unspecified atom stereocenters. The fourth-order valence-electron chi connectivity index (χ4n) is 1.63. The Labute approximate surface area is 81.4 Å². The Hall–Kier alpha value is -0.120. The van der Waals surface area contributed by atoms with Crippen molar-refractivity contribution in [2.75, 3.05) is 39.8 Å². The van der Waals surface area contributed by atoms with Crippen LogP contribution in [0.1, 0.15) is 19.8 Å². The molecule has 0 saturated carbocycles. The minimum atomic E-state index is 0.509. The number of nitrogens with one attached hydrogen (secondary N) is 1. The monoisotopic (exact) mass is 186 g/mol. The van der Waals surface area contributed by atoms with Crippen LogP contribution >= 0.6 is 0 Å². The summed E-state index contributed by atoms with van der Waals surface area (Å²) in [4.78, 5) is 2.37. The van der Waals surface area contributed by atoms with Crippen molar-refractivity contribution >= 4 is 0 Å². The van der Waals surface area contributed by atoms with Crippen molar-refractivity contribution in [3.05, 3.63) is 0 Å². The van der Waals surface area contributed by atoms with Gasteiger partial charge in [0.15, 0.2) is 0 Å². The van der Waals surface area contributed by atoms with Crippen molar-refractivity contribution in [3.63, 3.8) is 0 Å². The van der Waals surface area contributed by atoms with Crippen LogP contribution in [0, 0.1) is 0 Å². The van der Waals surface area contributed by atoms with Crippen LogP contribution in [0.5, 0.6) is 0 Å². The van der Waals surface area contributed by atoms with Crippen molar-refractivity contribution in [1.82, 2.24) is 10.2 Å². The van der Waals surface area contributed by atoms with E-state index in [4.69, 9.17) is 4.74 Å². The van der Waals surface area contributed by atoms with Crippen LogP contribution in [0.2, 0.25) is 0 Å². The zero-order valence-electron chi connectivity index (χ0n) is 8.88. The quantitative estimate of drug-likeness (QED) is 0.640. The summed E-state index contributed by atoms with van der Waals surface area (Å²) in [5.41, 5.74) is 0. The molecule has 0 aromatic carbocycles. The Morgan fingerprint density at radius 2 is 2.08 bits per heavy atom. The minimum Gasteiger partial charge on any atom is -0.377 e. The number of likely N-dealkylation sites (N-methyl/N-ethyl adjacent to an activating group) is 1. The number of nitrogens with zero attached hydrogens (tertiary/aromatic N) is 1. The van der Waals surface area contributed by atoms with E-state index in [9.17, 15) is 0 Å². The molecule has 1 saturated heterocycles. The molecule has 78 valence electrons. The average Bonchev–Trinajstić information content (AvgIpc) is 2.15. The summed E-state index contributed by atoms with van der Waals surface area (Å²) < 4.78 is 5.74. The fraction of sp³-hybridized carbons (Fsp3) is 1.00. The molecule has 1 rings (SSSR count). The third-order valence-corrected chi connectivity index (χ3v) is 2.55. The second kappa shape index (κ2) is 6.35. The highest BCUT2D eigenvalue weighted by Gasteiger charge is 2.16. The van der Waals surface area contributed by atoms with Gasteiger partial charge in [0.1, 0.15) is 0 Å². The molecule has 1 aliphatic heterocycles. The lowest BCUT2D eigenvalue weighted by Crippen LogP contribution is -2.35. The van der Waals surface area contributed by atoms with E-state index in [0.29, 0.717) is 6.10 Å². The Bertz CT molecular complexity index is 122. The van der Waals surface area contributed by atoms with Gasteiger partial charge < -0.3 is 15.0 Å². The largest absolute Gasteiger partial charge is 0.377 e. The Morgan fingerprint density at radius 3 is 2.69 bits per heavy atom. The molecule has 0 aliphatic carbocycles. The van der Waals surface area contributed by atoms with Gasteiger partial charge in [0.2, 0.25) is 0 Å². The maximum Gasteiger partial charge on any atom is 0.0600 e. The SMILES string of the molecule is CCNCCOC1CCN(C)CC1. The number of piperidine rings is 1. The predicted octanol–water partition coefficient (Wildman–Crippen LogP) is 0.707. The molecule has 3 nitrogen and oxygen atoms in total. The molecule has 0 aromatic rings. The maximum atomic E-state index is 5.74. The molecule has 0 radical (unpaired) electrons. The molecule has 1 fully saturated rings. The van der Waals surface area contributed by atoms with Crippen molar-refractivity contribution < 1.29 is 4.74 Å². The smallest absolute Gasteiger partial charge is 0.0600 e. The van der Waals surface area contributed by atoms with Crippen LogP contribution < -0.4 is 5.32 Å². The number of ether oxygens (including phenoxy) is 1. The molecule has 0 spiro atoms. The second-order valence-electron chi connectivity index (χ2n) is 3.73. The number of hydrogen-bond acceptors (Lipinski definition) is 3. The molecular formula is C10H22N2O. The van der Waals surface area contributed by atoms with Crippen molar-refractivity contribution in [2.24, 2.45) is 0 Å². The first-order valence-corrected chi connectivity index (χ1v) is 5.33. The molecule has 0 bridgehead atoms. The first kappa shape index (κ1) is 11.0. The first-order valence-electron chi connectivity index (χ1n) is 5.33. The molecule has 0 atom stereocenters. The lowest BCUT2D eigenvalue weighted by molar-refractivity contribution is 0.0144. The van der Waals surface area contributed by atoms with Gasteiger partial charge in [-0.25, -0.2) is 0 Å². The molecular weight excluding hydrogens is 164 g/mol. The van der Waals surface area contributed by atoms with Gasteiger partial charge in [-0.3, -0.25) is 0 Å². The standard InChI is InChI=1S/C10H22N2O/c1-3-11-6-9-13-10-4-7-12(2)8-5-10/h10-11H,3-9H2,1-2H3. The molecule has 1 N–H and O–H groups in total. The lowest BCUT2D eigenvalue weighted by atomic mass is 10.1. The minimum absolute atomic E-state index is 0.509. The molecule has 3 heteroatoms. The predicted molar refractivity (Wildman–Crippen MR) is 55.0 cm³/mol. The average molecular weight is 186 g/mol. The Morgan fingerprint density at radius 1 is 1.38 bits per heavy atom. The third-order valence-electron chi connectivity index (χ3n) is 2.55. The van der Waals surface area contributed by atoms with Gasteiger partial charge in [0.05, 0.1) is 12.7 Å². The van der Waals surface area contributed by atoms with Crippen molar-refractivity contribution in [1.29, 1.82) is 0 Å². The fourth-order valence-corrected chi connectivity index (χ4v) is 1.63. The molecule has 1 heterocycles. The van der Waals surface area contributed by atoms with Crippen molar-refractivity contribution in [3.8, 4) is 0 Å². The van der Waals surface area contributed by atoms with E-state index in [1.54, 1.807) is 0 Å². The van der Waals surface area contributed by atoms with E-state index in [1.807, 2.05) is 0 Å². The Kier molecular flexibility index (Phi) is 5.35. The molecule has 0 aromatic heterocycles. The topological polar surface area (TPSA) is 24.5 Å². The normalized spacial score (nSPS) is 20.8. The van der Waals surface area contributed by atoms with Crippen LogP contribution in [0.4, 0.5) is 0 Å². The molecule has 0 amide bonds. The van der Waals surface area contributed by atoms with Gasteiger partial charge in [0.25, 0.3) is 0 Å². The maximum absolute atomic E-state index is 5.74. The van der Waals surface area contributed by atoms with Crippen LogP contribution in [0.3, 0.4) is 0 Å². The van der Waals surface area contributed by atoms with Gasteiger partial charge in [-0.05, 0) is 26.4 Å². The van der Waals surface area contributed by atoms with E-state index in [0.717, 1.165) is 19.7 Å². The van der Waals surface area contributed by atoms with Crippen LogP contribution in [0.25, 0.3) is 0 Å². The highest BCUT2D eigenvalue weighted by Crippen LogP contribution is 2.11. The second-order valence-corrected chi connectivity index (χ2v) is 3.73. The van der Waals surface area contributed by atoms with Crippen molar-refractivity contribution in [2.45, 2.75) is 25.9 Å². The summed E-state index contributed by atoms with van der Waals surface area (Å²) in [6.45, 7) is 7.38. The highest BCUT2D eigenvalue weighted by atomic mass is 16.5. The van der Waals surface area contributed by atoms with Crippen LogP contribution in [0.15, 0.2) is 0 Å². The van der Waals surface area contributed by atoms with E-state index >= 15 is 0 Å². The summed E-state index contributed by atoms with van der Waals surface area (Å²) in [6.07, 6.45) is 2.90. The summed E-state index contributed by atoms with van der Waals surface area (Å²) >= 11 is 0. The number of hydrogen-bond donors (Lipinski definition) is 1. The van der Waals surface area contributed by atoms with E-state index in [2.05, 4.69) is 24.2 Å². The first-order chi connectivity index (χ1) is 6.33. The zero-order chi connectivity index (χ0) is 9.52. The summed E-state index contributed by atoms with van der Waals surface area (Å²) in [7, 11) is 2.18. The summed E-state index contributed by atoms with van der Waals surface area (Å²) in [5, 5.41) is 3.26. The Balaban J connectivity index is 1.96. The van der Waals surface area contributed by atoms with Gasteiger partial charge in [-0.1, -0.05) is 6.92 Å². The molecule has 13 heavy (non-hydrogen) atoms. The van der Waals surface area contributed by atoms with Gasteiger partial charge >= 0.3 is 0 Å². The highest BCUT2D eigenvalue weighted by molar-refractivity contribution is 4.69. The third kappa shape index (κ3) is 4.60. The van der Waals surface area contributed by atoms with Gasteiger partial charge in [-0.15, -0.1) is 0 Å².